The fourth-order valence-corrected chi connectivity index (χ4v) is 1.15. The van der Waals surface area contributed by atoms with Crippen molar-refractivity contribution in [2.24, 2.45) is 0 Å². The summed E-state index contributed by atoms with van der Waals surface area (Å²) in [6.45, 7) is 0. The van der Waals surface area contributed by atoms with E-state index in [1.54, 1.807) is 6.07 Å². The quantitative estimate of drug-likeness (QED) is 0.549. The monoisotopic (exact) mass is 139 g/mol. The third kappa shape index (κ3) is 0.744. The molecule has 3 heteroatoms. The van der Waals surface area contributed by atoms with Crippen LogP contribution >= 0.6 is 0 Å². The normalized spacial score (nSPS) is 17.6. The summed E-state index contributed by atoms with van der Waals surface area (Å²) in [5.74, 6) is 0.663. The SMILES string of the molecule is Oc1cc(C2CC2)c(O)[nH]1. The van der Waals surface area contributed by atoms with Crippen LogP contribution in [0, 0.1) is 0 Å². The fourth-order valence-electron chi connectivity index (χ4n) is 1.15. The van der Waals surface area contributed by atoms with Crippen LogP contribution in [0.2, 0.25) is 0 Å². The number of H-pyrrole nitrogens is 1. The van der Waals surface area contributed by atoms with Gasteiger partial charge in [-0.25, -0.2) is 0 Å². The van der Waals surface area contributed by atoms with Gasteiger partial charge in [0.15, 0.2) is 11.8 Å². The summed E-state index contributed by atoms with van der Waals surface area (Å²) < 4.78 is 0. The van der Waals surface area contributed by atoms with Crippen LogP contribution < -0.4 is 0 Å². The first-order valence-corrected chi connectivity index (χ1v) is 3.38. The predicted octanol–water partition coefficient (Wildman–Crippen LogP) is 1.30. The Hall–Kier alpha value is -1.12. The second-order valence-corrected chi connectivity index (χ2v) is 2.73. The summed E-state index contributed by atoms with van der Waals surface area (Å²) in [7, 11) is 0. The third-order valence-electron chi connectivity index (χ3n) is 1.83. The van der Waals surface area contributed by atoms with Gasteiger partial charge in [0, 0.05) is 11.6 Å². The molecule has 0 spiro atoms. The van der Waals surface area contributed by atoms with Crippen molar-refractivity contribution in [1.29, 1.82) is 0 Å². The summed E-state index contributed by atoms with van der Waals surface area (Å²) in [5.41, 5.74) is 0.859. The molecule has 0 aromatic carbocycles. The van der Waals surface area contributed by atoms with Gasteiger partial charge in [-0.3, -0.25) is 4.98 Å². The molecule has 1 fully saturated rings. The Balaban J connectivity index is 2.38. The second kappa shape index (κ2) is 1.68. The van der Waals surface area contributed by atoms with Crippen molar-refractivity contribution in [2.45, 2.75) is 18.8 Å². The van der Waals surface area contributed by atoms with Crippen molar-refractivity contribution >= 4 is 0 Å². The maximum atomic E-state index is 9.13. The molecule has 1 heterocycles. The van der Waals surface area contributed by atoms with Gasteiger partial charge in [0.05, 0.1) is 0 Å². The second-order valence-electron chi connectivity index (χ2n) is 2.73. The molecule has 0 atom stereocenters. The highest BCUT2D eigenvalue weighted by Crippen LogP contribution is 2.44. The van der Waals surface area contributed by atoms with E-state index in [1.165, 1.54) is 0 Å². The lowest BCUT2D eigenvalue weighted by Gasteiger charge is -1.89. The largest absolute Gasteiger partial charge is 0.495 e. The molecule has 0 amide bonds. The van der Waals surface area contributed by atoms with Crippen LogP contribution in [-0.4, -0.2) is 15.2 Å². The van der Waals surface area contributed by atoms with E-state index >= 15 is 0 Å². The Morgan fingerprint density at radius 2 is 2.10 bits per heavy atom. The minimum atomic E-state index is 0.0550. The number of hydrogen-bond acceptors (Lipinski definition) is 2. The maximum Gasteiger partial charge on any atom is 0.194 e. The Labute approximate surface area is 58.3 Å². The van der Waals surface area contributed by atoms with Crippen molar-refractivity contribution in [2.75, 3.05) is 0 Å². The minimum absolute atomic E-state index is 0.0550. The topological polar surface area (TPSA) is 56.2 Å². The molecule has 1 aromatic heterocycles. The molecule has 1 aliphatic carbocycles. The zero-order valence-corrected chi connectivity index (χ0v) is 5.46. The Bertz CT molecular complexity index is 250. The molecule has 1 saturated carbocycles. The van der Waals surface area contributed by atoms with Crippen molar-refractivity contribution in [3.8, 4) is 11.8 Å². The lowest BCUT2D eigenvalue weighted by molar-refractivity contribution is 0.423. The Morgan fingerprint density at radius 1 is 1.40 bits per heavy atom. The highest BCUT2D eigenvalue weighted by Gasteiger charge is 2.27. The molecule has 2 rings (SSSR count). The van der Waals surface area contributed by atoms with Crippen molar-refractivity contribution in [3.63, 3.8) is 0 Å². The van der Waals surface area contributed by atoms with E-state index in [9.17, 15) is 0 Å². The van der Waals surface area contributed by atoms with E-state index in [2.05, 4.69) is 4.98 Å². The first-order valence-electron chi connectivity index (χ1n) is 3.38. The van der Waals surface area contributed by atoms with Gasteiger partial charge in [0.25, 0.3) is 0 Å². The van der Waals surface area contributed by atoms with Crippen LogP contribution in [0.1, 0.15) is 24.3 Å². The highest BCUT2D eigenvalue weighted by atomic mass is 16.3. The maximum absolute atomic E-state index is 9.13. The van der Waals surface area contributed by atoms with Gasteiger partial charge in [0.1, 0.15) is 0 Å². The van der Waals surface area contributed by atoms with E-state index in [1.807, 2.05) is 0 Å². The molecule has 10 heavy (non-hydrogen) atoms. The van der Waals surface area contributed by atoms with E-state index < -0.39 is 0 Å². The molecule has 0 saturated heterocycles. The molecule has 1 aromatic rings. The first kappa shape index (κ1) is 5.65. The molecule has 0 bridgehead atoms. The van der Waals surface area contributed by atoms with Gasteiger partial charge in [-0.2, -0.15) is 0 Å². The predicted molar refractivity (Wildman–Crippen MR) is 36.1 cm³/mol. The molecule has 3 nitrogen and oxygen atoms in total. The molecule has 54 valence electrons. The number of rotatable bonds is 1. The molecule has 3 N–H and O–H groups in total. The van der Waals surface area contributed by atoms with Crippen LogP contribution in [0.25, 0.3) is 0 Å². The van der Waals surface area contributed by atoms with Gasteiger partial charge < -0.3 is 10.2 Å². The van der Waals surface area contributed by atoms with Gasteiger partial charge in [-0.05, 0) is 18.8 Å². The average molecular weight is 139 g/mol. The average Bonchev–Trinajstić information content (AvgIpc) is 2.61. The molecule has 0 unspecified atom stereocenters. The highest BCUT2D eigenvalue weighted by molar-refractivity contribution is 5.37. The molecular formula is C7H9NO2. The van der Waals surface area contributed by atoms with E-state index in [0.29, 0.717) is 5.92 Å². The number of aromatic nitrogens is 1. The number of nitrogens with one attached hydrogen (secondary N) is 1. The zero-order valence-electron chi connectivity index (χ0n) is 5.46. The smallest absolute Gasteiger partial charge is 0.194 e. The van der Waals surface area contributed by atoms with E-state index in [0.717, 1.165) is 18.4 Å². The lowest BCUT2D eigenvalue weighted by atomic mass is 10.2. The molecule has 0 aliphatic heterocycles. The fraction of sp³-hybridized carbons (Fsp3) is 0.429. The summed E-state index contributed by atoms with van der Waals surface area (Å²) >= 11 is 0. The lowest BCUT2D eigenvalue weighted by Crippen LogP contribution is -1.72. The summed E-state index contributed by atoms with van der Waals surface area (Å²) in [5, 5.41) is 18.0. The first-order chi connectivity index (χ1) is 4.77. The van der Waals surface area contributed by atoms with E-state index in [4.69, 9.17) is 10.2 Å². The Morgan fingerprint density at radius 3 is 2.50 bits per heavy atom. The summed E-state index contributed by atoms with van der Waals surface area (Å²) in [6.07, 6.45) is 2.26. The number of aromatic amines is 1. The standard InChI is InChI=1S/C7H9NO2/c9-6-3-5(4-1-2-4)7(10)8-6/h3-4,8-10H,1-2H2. The van der Waals surface area contributed by atoms with Crippen molar-refractivity contribution < 1.29 is 10.2 Å². The van der Waals surface area contributed by atoms with Crippen molar-refractivity contribution in [1.82, 2.24) is 4.98 Å². The molecular weight excluding hydrogens is 130 g/mol. The summed E-state index contributed by atoms with van der Waals surface area (Å²) in [4.78, 5) is 2.44. The van der Waals surface area contributed by atoms with Gasteiger partial charge in [-0.1, -0.05) is 0 Å². The molecule has 0 radical (unpaired) electrons. The minimum Gasteiger partial charge on any atom is -0.495 e. The van der Waals surface area contributed by atoms with Gasteiger partial charge in [-0.15, -0.1) is 0 Å². The molecule has 1 aliphatic rings. The summed E-state index contributed by atoms with van der Waals surface area (Å²) in [6, 6.07) is 1.59. The zero-order chi connectivity index (χ0) is 7.14. The number of aromatic hydroxyl groups is 2. The number of hydrogen-bond donors (Lipinski definition) is 3. The van der Waals surface area contributed by atoms with Gasteiger partial charge >= 0.3 is 0 Å². The Kier molecular flexibility index (Phi) is 0.952. The van der Waals surface area contributed by atoms with E-state index in [-0.39, 0.29) is 11.8 Å². The van der Waals surface area contributed by atoms with Gasteiger partial charge in [0.2, 0.25) is 0 Å². The van der Waals surface area contributed by atoms with Crippen molar-refractivity contribution in [3.05, 3.63) is 11.6 Å². The van der Waals surface area contributed by atoms with Crippen LogP contribution in [0.3, 0.4) is 0 Å². The van der Waals surface area contributed by atoms with Crippen LogP contribution in [0.15, 0.2) is 6.07 Å². The van der Waals surface area contributed by atoms with Crippen LogP contribution in [0.4, 0.5) is 0 Å². The van der Waals surface area contributed by atoms with Crippen LogP contribution in [0.5, 0.6) is 11.8 Å². The third-order valence-corrected chi connectivity index (χ3v) is 1.83. The van der Waals surface area contributed by atoms with Crippen LogP contribution in [-0.2, 0) is 0 Å².